The van der Waals surface area contributed by atoms with Gasteiger partial charge in [-0.3, -0.25) is 0 Å². The number of hydrogen-bond acceptors (Lipinski definition) is 2. The summed E-state index contributed by atoms with van der Waals surface area (Å²) < 4.78 is 0.668. The Morgan fingerprint density at radius 2 is 2.31 bits per heavy atom. The van der Waals surface area contributed by atoms with Crippen LogP contribution in [0.15, 0.2) is 28.4 Å². The number of carbonyl (C=O) groups is 1. The second-order valence-electron chi connectivity index (χ2n) is 2.33. The number of rotatable bonds is 1. The minimum Gasteiger partial charge on any atom is -0.521 e. The predicted molar refractivity (Wildman–Crippen MR) is 48.3 cm³/mol. The van der Waals surface area contributed by atoms with E-state index in [-0.39, 0.29) is 38.3 Å². The van der Waals surface area contributed by atoms with E-state index in [1.807, 2.05) is 0 Å². The van der Waals surface area contributed by atoms with Gasteiger partial charge in [0.05, 0.1) is 0 Å². The molecule has 0 amide bonds. The van der Waals surface area contributed by atoms with Crippen LogP contribution in [0.2, 0.25) is 0 Å². The second-order valence-corrected chi connectivity index (χ2v) is 3.18. The van der Waals surface area contributed by atoms with E-state index in [2.05, 4.69) is 28.7 Å². The SMILES string of the molecule is C=C1C(Br)=CC(C(=O)O)=[C-]N1C.[Y]. The average molecular weight is 318 g/mol. The smallest absolute Gasteiger partial charge is 0.249 e. The van der Waals surface area contributed by atoms with Crippen molar-refractivity contribution in [1.29, 1.82) is 0 Å². The molecule has 1 aliphatic rings. The summed E-state index contributed by atoms with van der Waals surface area (Å²) >= 11 is 3.20. The Hall–Kier alpha value is 0.0739. The molecule has 0 aromatic carbocycles. The first-order valence-electron chi connectivity index (χ1n) is 3.19. The molecule has 3 nitrogen and oxygen atoms in total. The molecule has 0 fully saturated rings. The maximum absolute atomic E-state index is 10.5. The van der Waals surface area contributed by atoms with Gasteiger partial charge in [0.1, 0.15) is 0 Å². The van der Waals surface area contributed by atoms with Crippen molar-refractivity contribution in [3.05, 3.63) is 34.6 Å². The van der Waals surface area contributed by atoms with Crippen molar-refractivity contribution in [3.8, 4) is 0 Å². The topological polar surface area (TPSA) is 40.5 Å². The van der Waals surface area contributed by atoms with E-state index in [0.717, 1.165) is 0 Å². The number of allylic oxidation sites excluding steroid dienone is 1. The second kappa shape index (κ2) is 5.08. The minimum atomic E-state index is -0.994. The molecular weight excluding hydrogens is 311 g/mol. The molecule has 1 rings (SSSR count). The van der Waals surface area contributed by atoms with Crippen LogP contribution in [0.1, 0.15) is 0 Å². The molecule has 5 heteroatoms. The Balaban J connectivity index is 0.00000144. The monoisotopic (exact) mass is 317 g/mol. The van der Waals surface area contributed by atoms with E-state index < -0.39 is 5.97 Å². The van der Waals surface area contributed by atoms with E-state index in [1.165, 1.54) is 11.0 Å². The summed E-state index contributed by atoms with van der Waals surface area (Å²) in [7, 11) is 1.69. The van der Waals surface area contributed by atoms with Gasteiger partial charge in [-0.15, -0.1) is 12.7 Å². The van der Waals surface area contributed by atoms with Crippen LogP contribution in [0.3, 0.4) is 0 Å². The molecule has 1 N–H and O–H groups in total. The summed E-state index contributed by atoms with van der Waals surface area (Å²) in [6, 6.07) is 0. The van der Waals surface area contributed by atoms with Crippen LogP contribution in [0.5, 0.6) is 0 Å². The third-order valence-electron chi connectivity index (χ3n) is 1.47. The molecule has 0 spiro atoms. The molecule has 0 aromatic heterocycles. The fourth-order valence-electron chi connectivity index (χ4n) is 0.760. The quantitative estimate of drug-likeness (QED) is 0.745. The number of hydrogen-bond donors (Lipinski definition) is 1. The van der Waals surface area contributed by atoms with E-state index in [4.69, 9.17) is 5.11 Å². The molecule has 1 heterocycles. The Morgan fingerprint density at radius 3 is 2.69 bits per heavy atom. The zero-order valence-corrected chi connectivity index (χ0v) is 11.5. The van der Waals surface area contributed by atoms with Gasteiger partial charge in [0.2, 0.25) is 5.97 Å². The molecule has 0 saturated heterocycles. The fourth-order valence-corrected chi connectivity index (χ4v) is 1.26. The van der Waals surface area contributed by atoms with Gasteiger partial charge in [0, 0.05) is 32.7 Å². The van der Waals surface area contributed by atoms with Gasteiger partial charge in [-0.2, -0.15) is 0 Å². The molecule has 1 aliphatic heterocycles. The number of likely N-dealkylation sites (N-methyl/N-ethyl adjacent to an activating group) is 1. The van der Waals surface area contributed by atoms with Crippen molar-refractivity contribution in [2.75, 3.05) is 7.05 Å². The van der Waals surface area contributed by atoms with Gasteiger partial charge < -0.3 is 14.8 Å². The van der Waals surface area contributed by atoms with Crippen molar-refractivity contribution in [3.63, 3.8) is 0 Å². The van der Waals surface area contributed by atoms with Crippen LogP contribution in [0.4, 0.5) is 0 Å². The predicted octanol–water partition coefficient (Wildman–Crippen LogP) is 1.49. The third-order valence-corrected chi connectivity index (χ3v) is 2.16. The first-order chi connectivity index (χ1) is 5.52. The molecule has 0 unspecified atom stereocenters. The van der Waals surface area contributed by atoms with E-state index in [1.54, 1.807) is 7.05 Å². The first kappa shape index (κ1) is 13.1. The molecule has 0 bridgehead atoms. The van der Waals surface area contributed by atoms with Gasteiger partial charge in [-0.1, -0.05) is 22.1 Å². The Bertz CT molecular complexity index is 309. The van der Waals surface area contributed by atoms with Crippen LogP contribution in [-0.4, -0.2) is 23.0 Å². The molecule has 0 atom stereocenters. The van der Waals surface area contributed by atoms with Gasteiger partial charge in [0.25, 0.3) is 0 Å². The Labute approximate surface area is 110 Å². The third kappa shape index (κ3) is 3.04. The van der Waals surface area contributed by atoms with E-state index in [0.29, 0.717) is 10.2 Å². The molecule has 1 radical (unpaired) electrons. The normalized spacial score (nSPS) is 15.8. The molecule has 0 aliphatic carbocycles. The maximum atomic E-state index is 10.5. The maximum Gasteiger partial charge on any atom is 0.249 e. The zero-order chi connectivity index (χ0) is 9.30. The Kier molecular flexibility index (Phi) is 5.11. The summed E-state index contributed by atoms with van der Waals surface area (Å²) in [5, 5.41) is 8.64. The summed E-state index contributed by atoms with van der Waals surface area (Å²) in [6.07, 6.45) is 4.12. The van der Waals surface area contributed by atoms with Crippen LogP contribution in [0.25, 0.3) is 0 Å². The number of nitrogens with zero attached hydrogens (tertiary/aromatic N) is 1. The van der Waals surface area contributed by atoms with E-state index in [9.17, 15) is 4.79 Å². The Morgan fingerprint density at radius 1 is 1.77 bits per heavy atom. The molecular formula is C8H7BrNO2Y-. The molecule has 0 aromatic rings. The van der Waals surface area contributed by atoms with Crippen molar-refractivity contribution < 1.29 is 42.6 Å². The number of carboxylic acid groups (broad SMARTS) is 1. The molecule has 0 saturated carbocycles. The van der Waals surface area contributed by atoms with Crippen LogP contribution in [-0.2, 0) is 37.5 Å². The van der Waals surface area contributed by atoms with Gasteiger partial charge >= 0.3 is 0 Å². The van der Waals surface area contributed by atoms with Crippen molar-refractivity contribution in [1.82, 2.24) is 4.90 Å². The van der Waals surface area contributed by atoms with Crippen LogP contribution < -0.4 is 0 Å². The largest absolute Gasteiger partial charge is 0.521 e. The standard InChI is InChI=1S/C8H7BrNO2.Y/c1-5-7(9)3-6(8(11)12)4-10(5)2;/h3H,1H2,2H3,(H,11,12);/q-1;. The molecule has 67 valence electrons. The van der Waals surface area contributed by atoms with Gasteiger partial charge in [-0.25, -0.2) is 0 Å². The number of halogens is 1. The summed E-state index contributed by atoms with van der Waals surface area (Å²) in [6.45, 7) is 3.71. The summed E-state index contributed by atoms with van der Waals surface area (Å²) in [4.78, 5) is 12.1. The fraction of sp³-hybridized carbons (Fsp3) is 0.125. The van der Waals surface area contributed by atoms with Crippen LogP contribution in [0, 0.1) is 6.20 Å². The van der Waals surface area contributed by atoms with Gasteiger partial charge in [0.15, 0.2) is 0 Å². The van der Waals surface area contributed by atoms with E-state index >= 15 is 0 Å². The number of carboxylic acids is 1. The van der Waals surface area contributed by atoms with Crippen molar-refractivity contribution in [2.45, 2.75) is 0 Å². The van der Waals surface area contributed by atoms with Crippen molar-refractivity contribution in [2.24, 2.45) is 0 Å². The minimum absolute atomic E-state index is 0. The van der Waals surface area contributed by atoms with Gasteiger partial charge in [-0.05, 0) is 22.8 Å². The van der Waals surface area contributed by atoms with Crippen molar-refractivity contribution >= 4 is 21.9 Å². The summed E-state index contributed by atoms with van der Waals surface area (Å²) in [5.74, 6) is -0.994. The summed E-state index contributed by atoms with van der Waals surface area (Å²) in [5.41, 5.74) is 0.816. The van der Waals surface area contributed by atoms with Crippen LogP contribution >= 0.6 is 15.9 Å². The zero-order valence-electron chi connectivity index (χ0n) is 7.04. The first-order valence-corrected chi connectivity index (χ1v) is 3.99. The number of aliphatic carboxylic acids is 1. The average Bonchev–Trinajstić information content (AvgIpc) is 1.99. The molecule has 13 heavy (non-hydrogen) atoms.